The SMILES string of the molecule is CC(N)CC(=O)N1CCN(C(=O)c2cc(Cl)cc(Cl)c2)CC1.Cl. The number of hydrogen-bond donors (Lipinski definition) is 1. The molecule has 1 aromatic rings. The summed E-state index contributed by atoms with van der Waals surface area (Å²) < 4.78 is 0. The first-order valence-electron chi connectivity index (χ1n) is 7.15. The predicted octanol–water partition coefficient (Wildman–Crippen LogP) is 2.44. The Bertz CT molecular complexity index is 553. The third-order valence-corrected chi connectivity index (χ3v) is 3.96. The van der Waals surface area contributed by atoms with Crippen molar-refractivity contribution in [3.63, 3.8) is 0 Å². The fourth-order valence-electron chi connectivity index (χ4n) is 2.42. The zero-order chi connectivity index (χ0) is 16.3. The van der Waals surface area contributed by atoms with Crippen molar-refractivity contribution in [2.75, 3.05) is 26.2 Å². The fraction of sp³-hybridized carbons (Fsp3) is 0.467. The van der Waals surface area contributed by atoms with E-state index in [4.69, 9.17) is 28.9 Å². The maximum Gasteiger partial charge on any atom is 0.254 e. The van der Waals surface area contributed by atoms with Gasteiger partial charge in [-0.05, 0) is 25.1 Å². The summed E-state index contributed by atoms with van der Waals surface area (Å²) in [5.74, 6) is -0.0865. The Hall–Kier alpha value is -1.01. The van der Waals surface area contributed by atoms with E-state index >= 15 is 0 Å². The highest BCUT2D eigenvalue weighted by molar-refractivity contribution is 6.35. The summed E-state index contributed by atoms with van der Waals surface area (Å²) in [6.07, 6.45) is 0.331. The van der Waals surface area contributed by atoms with Crippen LogP contribution in [0.4, 0.5) is 0 Å². The van der Waals surface area contributed by atoms with E-state index in [1.807, 2.05) is 0 Å². The third kappa shape index (κ3) is 5.53. The molecule has 128 valence electrons. The molecule has 1 aliphatic rings. The Labute approximate surface area is 152 Å². The van der Waals surface area contributed by atoms with Crippen LogP contribution in [0, 0.1) is 0 Å². The van der Waals surface area contributed by atoms with Crippen LogP contribution in [-0.2, 0) is 4.79 Å². The standard InChI is InChI=1S/C15H19Cl2N3O2.ClH/c1-10(18)6-14(21)19-2-4-20(5-3-19)15(22)11-7-12(16)9-13(17)8-11;/h7-10H,2-6,18H2,1H3;1H. The van der Waals surface area contributed by atoms with Gasteiger partial charge in [-0.3, -0.25) is 9.59 Å². The van der Waals surface area contributed by atoms with Gasteiger partial charge in [-0.1, -0.05) is 23.2 Å². The lowest BCUT2D eigenvalue weighted by atomic mass is 10.1. The highest BCUT2D eigenvalue weighted by atomic mass is 35.5. The number of halogens is 3. The van der Waals surface area contributed by atoms with E-state index in [1.54, 1.807) is 34.9 Å². The van der Waals surface area contributed by atoms with Crippen LogP contribution in [0.1, 0.15) is 23.7 Å². The van der Waals surface area contributed by atoms with Gasteiger partial charge in [0, 0.05) is 54.3 Å². The molecule has 23 heavy (non-hydrogen) atoms. The molecule has 5 nitrogen and oxygen atoms in total. The number of nitrogens with two attached hydrogens (primary N) is 1. The number of carbonyl (C=O) groups excluding carboxylic acids is 2. The molecule has 0 radical (unpaired) electrons. The van der Waals surface area contributed by atoms with E-state index in [-0.39, 0.29) is 30.3 Å². The molecule has 1 aliphatic heterocycles. The first-order chi connectivity index (χ1) is 10.4. The molecule has 1 unspecified atom stereocenters. The van der Waals surface area contributed by atoms with Gasteiger partial charge < -0.3 is 15.5 Å². The van der Waals surface area contributed by atoms with E-state index in [1.165, 1.54) is 0 Å². The highest BCUT2D eigenvalue weighted by Crippen LogP contribution is 2.20. The number of carbonyl (C=O) groups is 2. The molecule has 1 aromatic carbocycles. The quantitative estimate of drug-likeness (QED) is 0.876. The molecule has 0 spiro atoms. The van der Waals surface area contributed by atoms with Crippen LogP contribution >= 0.6 is 35.6 Å². The van der Waals surface area contributed by atoms with Crippen molar-refractivity contribution in [3.05, 3.63) is 33.8 Å². The molecular formula is C15H20Cl3N3O2. The maximum absolute atomic E-state index is 12.4. The van der Waals surface area contributed by atoms with E-state index in [2.05, 4.69) is 0 Å². The highest BCUT2D eigenvalue weighted by Gasteiger charge is 2.25. The summed E-state index contributed by atoms with van der Waals surface area (Å²) in [6, 6.07) is 4.64. The second-order valence-corrected chi connectivity index (χ2v) is 6.39. The van der Waals surface area contributed by atoms with E-state index in [0.717, 1.165) is 0 Å². The van der Waals surface area contributed by atoms with Crippen molar-refractivity contribution >= 4 is 47.4 Å². The van der Waals surface area contributed by atoms with Crippen LogP contribution in [0.2, 0.25) is 10.0 Å². The molecular weight excluding hydrogens is 361 g/mol. The van der Waals surface area contributed by atoms with E-state index in [0.29, 0.717) is 48.2 Å². The van der Waals surface area contributed by atoms with Crippen molar-refractivity contribution in [2.24, 2.45) is 5.73 Å². The first-order valence-corrected chi connectivity index (χ1v) is 7.91. The van der Waals surface area contributed by atoms with Crippen LogP contribution in [-0.4, -0.2) is 53.8 Å². The van der Waals surface area contributed by atoms with Gasteiger partial charge >= 0.3 is 0 Å². The molecule has 2 rings (SSSR count). The molecule has 0 aromatic heterocycles. The number of hydrogen-bond acceptors (Lipinski definition) is 3. The maximum atomic E-state index is 12.4. The molecule has 2 N–H and O–H groups in total. The second-order valence-electron chi connectivity index (χ2n) is 5.51. The molecule has 0 aliphatic carbocycles. The Balaban J connectivity index is 0.00000264. The first kappa shape index (κ1) is 20.0. The molecule has 8 heteroatoms. The molecule has 1 atom stereocenters. The van der Waals surface area contributed by atoms with Crippen LogP contribution in [0.15, 0.2) is 18.2 Å². The van der Waals surface area contributed by atoms with Crippen LogP contribution < -0.4 is 5.73 Å². The summed E-state index contributed by atoms with van der Waals surface area (Å²) in [6.45, 7) is 3.83. The Morgan fingerprint density at radius 1 is 1.09 bits per heavy atom. The van der Waals surface area contributed by atoms with Crippen molar-refractivity contribution in [3.8, 4) is 0 Å². The zero-order valence-corrected chi connectivity index (χ0v) is 15.1. The van der Waals surface area contributed by atoms with Crippen LogP contribution in [0.25, 0.3) is 0 Å². The summed E-state index contributed by atoms with van der Waals surface area (Å²) in [4.78, 5) is 27.8. The number of benzene rings is 1. The van der Waals surface area contributed by atoms with Crippen molar-refractivity contribution in [1.29, 1.82) is 0 Å². The molecule has 1 heterocycles. The lowest BCUT2D eigenvalue weighted by Crippen LogP contribution is -2.51. The van der Waals surface area contributed by atoms with Gasteiger partial charge in [0.05, 0.1) is 0 Å². The second kappa shape index (κ2) is 8.73. The minimum Gasteiger partial charge on any atom is -0.339 e. The summed E-state index contributed by atoms with van der Waals surface area (Å²) in [5.41, 5.74) is 6.11. The van der Waals surface area contributed by atoms with E-state index < -0.39 is 0 Å². The molecule has 0 bridgehead atoms. The van der Waals surface area contributed by atoms with Crippen LogP contribution in [0.5, 0.6) is 0 Å². The minimum atomic E-state index is -0.152. The topological polar surface area (TPSA) is 66.6 Å². The van der Waals surface area contributed by atoms with Gasteiger partial charge in [0.25, 0.3) is 5.91 Å². The average molecular weight is 381 g/mol. The lowest BCUT2D eigenvalue weighted by Gasteiger charge is -2.35. The number of rotatable bonds is 3. The smallest absolute Gasteiger partial charge is 0.254 e. The predicted molar refractivity (Wildman–Crippen MR) is 94.5 cm³/mol. The number of amides is 2. The Morgan fingerprint density at radius 3 is 2.04 bits per heavy atom. The largest absolute Gasteiger partial charge is 0.339 e. The third-order valence-electron chi connectivity index (χ3n) is 3.53. The van der Waals surface area contributed by atoms with Gasteiger partial charge in [-0.15, -0.1) is 12.4 Å². The molecule has 0 saturated carbocycles. The van der Waals surface area contributed by atoms with Gasteiger partial charge in [0.15, 0.2) is 0 Å². The Morgan fingerprint density at radius 2 is 1.57 bits per heavy atom. The molecule has 1 fully saturated rings. The van der Waals surface area contributed by atoms with Gasteiger partial charge in [-0.2, -0.15) is 0 Å². The number of piperazine rings is 1. The van der Waals surface area contributed by atoms with Crippen LogP contribution in [0.3, 0.4) is 0 Å². The van der Waals surface area contributed by atoms with E-state index in [9.17, 15) is 9.59 Å². The summed E-state index contributed by atoms with van der Waals surface area (Å²) in [5, 5.41) is 0.864. The normalized spacial score (nSPS) is 15.8. The molecule has 2 amide bonds. The van der Waals surface area contributed by atoms with Crippen molar-refractivity contribution < 1.29 is 9.59 Å². The molecule has 1 saturated heterocycles. The average Bonchev–Trinajstić information content (AvgIpc) is 2.45. The number of nitrogens with zero attached hydrogens (tertiary/aromatic N) is 2. The van der Waals surface area contributed by atoms with Crippen molar-refractivity contribution in [1.82, 2.24) is 9.80 Å². The summed E-state index contributed by atoms with van der Waals surface area (Å²) in [7, 11) is 0. The van der Waals surface area contributed by atoms with Gasteiger partial charge in [-0.25, -0.2) is 0 Å². The summed E-state index contributed by atoms with van der Waals surface area (Å²) >= 11 is 11.9. The monoisotopic (exact) mass is 379 g/mol. The van der Waals surface area contributed by atoms with Crippen molar-refractivity contribution in [2.45, 2.75) is 19.4 Å². The minimum absolute atomic E-state index is 0. The van der Waals surface area contributed by atoms with Gasteiger partial charge in [0.2, 0.25) is 5.91 Å². The van der Waals surface area contributed by atoms with Gasteiger partial charge in [0.1, 0.15) is 0 Å². The zero-order valence-electron chi connectivity index (χ0n) is 12.8. The Kier molecular flexibility index (Phi) is 7.61. The fourth-order valence-corrected chi connectivity index (χ4v) is 2.95. The lowest BCUT2D eigenvalue weighted by molar-refractivity contribution is -0.132.